The van der Waals surface area contributed by atoms with Gasteiger partial charge in [-0.05, 0) is 44.9 Å². The van der Waals surface area contributed by atoms with Crippen LogP contribution in [0.4, 0.5) is 0 Å². The van der Waals surface area contributed by atoms with Crippen LogP contribution < -0.4 is 5.32 Å². The zero-order valence-corrected chi connectivity index (χ0v) is 44.9. The monoisotopic (exact) mass is 930 g/mol. The van der Waals surface area contributed by atoms with Crippen LogP contribution in [0.1, 0.15) is 335 Å². The van der Waals surface area contributed by atoms with Gasteiger partial charge in [0.25, 0.3) is 0 Å². The zero-order chi connectivity index (χ0) is 47.9. The summed E-state index contributed by atoms with van der Waals surface area (Å²) in [6, 6.07) is -0.713. The first kappa shape index (κ1) is 64.8. The molecule has 0 aromatic heterocycles. The van der Waals surface area contributed by atoms with E-state index in [1.54, 1.807) is 0 Å². The van der Waals surface area contributed by atoms with Crippen LogP contribution in [-0.2, 0) is 4.79 Å². The Hall–Kier alpha value is -1.17. The Bertz CT molecular complexity index is 982. The molecule has 0 rings (SSSR count). The van der Waals surface area contributed by atoms with Crippen molar-refractivity contribution in [2.75, 3.05) is 6.61 Å². The summed E-state index contributed by atoms with van der Waals surface area (Å²) in [5, 5.41) is 33.6. The fourth-order valence-corrected chi connectivity index (χ4v) is 9.64. The van der Waals surface area contributed by atoms with E-state index >= 15 is 0 Å². The summed E-state index contributed by atoms with van der Waals surface area (Å²) in [6.45, 7) is 4.27. The van der Waals surface area contributed by atoms with Crippen molar-refractivity contribution in [3.05, 3.63) is 24.3 Å². The first-order valence-electron chi connectivity index (χ1n) is 30.1. The Balaban J connectivity index is 3.52. The van der Waals surface area contributed by atoms with Crippen molar-refractivity contribution in [3.63, 3.8) is 0 Å². The number of allylic oxidation sites excluding steroid dienone is 4. The topological polar surface area (TPSA) is 89.8 Å². The average Bonchev–Trinajstić information content (AvgIpc) is 3.32. The quantitative estimate of drug-likeness (QED) is 0.0361. The van der Waals surface area contributed by atoms with Crippen molar-refractivity contribution in [2.24, 2.45) is 0 Å². The lowest BCUT2D eigenvalue weighted by Gasteiger charge is -2.23. The Labute approximate surface area is 413 Å². The minimum atomic E-state index is -1.08. The lowest BCUT2D eigenvalue weighted by Crippen LogP contribution is -2.49. The summed E-state index contributed by atoms with van der Waals surface area (Å²) in [4.78, 5) is 12.6. The SMILES string of the molecule is CCCCCCCCCCC/C=C\C/C=C\CCCCCCCCCCCCCCC(O)C(=O)NC(CO)C(O)CCCCCCCCCCCCCCCCCCCCCCCCCC. The highest BCUT2D eigenvalue weighted by Gasteiger charge is 2.23. The number of unbranched alkanes of at least 4 members (excludes halogenated alkanes) is 44. The van der Waals surface area contributed by atoms with Crippen LogP contribution in [0.2, 0.25) is 0 Å². The number of carbonyl (C=O) groups is 1. The molecular formula is C61H119NO4. The van der Waals surface area contributed by atoms with Crippen LogP contribution in [0, 0.1) is 0 Å². The molecule has 1 amide bonds. The molecule has 5 nitrogen and oxygen atoms in total. The number of amides is 1. The second kappa shape index (κ2) is 56.4. The molecule has 0 aliphatic heterocycles. The summed E-state index contributed by atoms with van der Waals surface area (Å²) in [5.74, 6) is -0.466. The van der Waals surface area contributed by atoms with Gasteiger partial charge in [0.05, 0.1) is 18.8 Å². The Morgan fingerprint density at radius 1 is 0.364 bits per heavy atom. The highest BCUT2D eigenvalue weighted by atomic mass is 16.3. The van der Waals surface area contributed by atoms with Crippen molar-refractivity contribution in [1.82, 2.24) is 5.32 Å². The number of hydrogen-bond acceptors (Lipinski definition) is 4. The van der Waals surface area contributed by atoms with Crippen LogP contribution in [-0.4, -0.2) is 46.1 Å². The number of aliphatic hydroxyl groups excluding tert-OH is 3. The first-order valence-corrected chi connectivity index (χ1v) is 30.1. The first-order chi connectivity index (χ1) is 32.6. The smallest absolute Gasteiger partial charge is 0.249 e. The van der Waals surface area contributed by atoms with Gasteiger partial charge in [0.1, 0.15) is 6.10 Å². The van der Waals surface area contributed by atoms with E-state index in [-0.39, 0.29) is 6.61 Å². The molecule has 0 aromatic carbocycles. The predicted octanol–water partition coefficient (Wildman–Crippen LogP) is 18.8. The second-order valence-corrected chi connectivity index (χ2v) is 20.9. The van der Waals surface area contributed by atoms with Crippen LogP contribution >= 0.6 is 0 Å². The van der Waals surface area contributed by atoms with Crippen molar-refractivity contribution in [1.29, 1.82) is 0 Å². The van der Waals surface area contributed by atoms with E-state index in [0.717, 1.165) is 38.5 Å². The number of rotatable bonds is 56. The molecule has 0 aliphatic carbocycles. The molecular weight excluding hydrogens is 811 g/mol. The van der Waals surface area contributed by atoms with Gasteiger partial charge in [-0.3, -0.25) is 4.79 Å². The third-order valence-electron chi connectivity index (χ3n) is 14.3. The van der Waals surface area contributed by atoms with Gasteiger partial charge in [0.2, 0.25) is 5.91 Å². The van der Waals surface area contributed by atoms with Gasteiger partial charge in [0.15, 0.2) is 0 Å². The highest BCUT2D eigenvalue weighted by molar-refractivity contribution is 5.80. The van der Waals surface area contributed by atoms with Crippen molar-refractivity contribution < 1.29 is 20.1 Å². The van der Waals surface area contributed by atoms with E-state index in [1.165, 1.54) is 270 Å². The molecule has 3 atom stereocenters. The van der Waals surface area contributed by atoms with Gasteiger partial charge >= 0.3 is 0 Å². The number of carbonyl (C=O) groups excluding carboxylic acids is 1. The van der Waals surface area contributed by atoms with Crippen molar-refractivity contribution in [3.8, 4) is 0 Å². The summed E-state index contributed by atoms with van der Waals surface area (Å²) in [5.41, 5.74) is 0. The van der Waals surface area contributed by atoms with Gasteiger partial charge < -0.3 is 20.6 Å². The molecule has 0 heterocycles. The predicted molar refractivity (Wildman–Crippen MR) is 292 cm³/mol. The van der Waals surface area contributed by atoms with E-state index < -0.39 is 24.2 Å². The molecule has 0 aromatic rings. The van der Waals surface area contributed by atoms with Crippen LogP contribution in [0.15, 0.2) is 24.3 Å². The molecule has 0 spiro atoms. The molecule has 0 radical (unpaired) electrons. The fraction of sp³-hybridized carbons (Fsp3) is 0.918. The maximum atomic E-state index is 12.6. The van der Waals surface area contributed by atoms with Gasteiger partial charge in [-0.1, -0.05) is 314 Å². The van der Waals surface area contributed by atoms with Crippen molar-refractivity contribution >= 4 is 5.91 Å². The number of hydrogen-bond donors (Lipinski definition) is 4. The minimum absolute atomic E-state index is 0.311. The van der Waals surface area contributed by atoms with Crippen LogP contribution in [0.25, 0.3) is 0 Å². The van der Waals surface area contributed by atoms with Gasteiger partial charge in [-0.2, -0.15) is 0 Å². The minimum Gasteiger partial charge on any atom is -0.394 e. The number of nitrogens with one attached hydrogen (secondary N) is 1. The Morgan fingerprint density at radius 2 is 0.621 bits per heavy atom. The summed E-state index contributed by atoms with van der Waals surface area (Å²) >= 11 is 0. The van der Waals surface area contributed by atoms with E-state index in [1.807, 2.05) is 0 Å². The van der Waals surface area contributed by atoms with E-state index in [4.69, 9.17) is 0 Å². The molecule has 4 N–H and O–H groups in total. The van der Waals surface area contributed by atoms with Gasteiger partial charge in [0, 0.05) is 0 Å². The molecule has 66 heavy (non-hydrogen) atoms. The maximum Gasteiger partial charge on any atom is 0.249 e. The largest absolute Gasteiger partial charge is 0.394 e. The van der Waals surface area contributed by atoms with Crippen molar-refractivity contribution in [2.45, 2.75) is 353 Å². The maximum absolute atomic E-state index is 12.6. The summed E-state index contributed by atoms with van der Waals surface area (Å²) in [6.07, 6.45) is 72.4. The third kappa shape index (κ3) is 50.7. The second-order valence-electron chi connectivity index (χ2n) is 20.9. The molecule has 0 saturated carbocycles. The lowest BCUT2D eigenvalue weighted by atomic mass is 10.0. The lowest BCUT2D eigenvalue weighted by molar-refractivity contribution is -0.131. The van der Waals surface area contributed by atoms with E-state index in [2.05, 4.69) is 43.5 Å². The van der Waals surface area contributed by atoms with Gasteiger partial charge in [-0.15, -0.1) is 0 Å². The standard InChI is InChI=1S/C61H119NO4/c1-3-5-7-9-11-13-15-17-19-21-23-25-27-29-30-31-32-34-36-38-40-42-44-46-48-50-52-54-56-60(65)61(66)62-58(57-63)59(64)55-53-51-49-47-45-43-41-39-37-35-33-28-26-24-22-20-18-16-14-12-10-8-6-4-2/h23,25,29-30,58-60,63-65H,3-22,24,26-28,31-57H2,1-2H3,(H,62,66)/b25-23-,30-29-. The molecule has 0 fully saturated rings. The van der Waals surface area contributed by atoms with E-state index in [9.17, 15) is 20.1 Å². The molecule has 5 heteroatoms. The third-order valence-corrected chi connectivity index (χ3v) is 14.3. The molecule has 392 valence electrons. The average molecular weight is 931 g/mol. The fourth-order valence-electron chi connectivity index (χ4n) is 9.64. The highest BCUT2D eigenvalue weighted by Crippen LogP contribution is 2.18. The summed E-state index contributed by atoms with van der Waals surface area (Å²) in [7, 11) is 0. The zero-order valence-electron chi connectivity index (χ0n) is 44.9. The Morgan fingerprint density at radius 3 is 0.909 bits per heavy atom. The molecule has 0 aliphatic rings. The normalized spacial score (nSPS) is 13.3. The molecule has 3 unspecified atom stereocenters. The van der Waals surface area contributed by atoms with Gasteiger partial charge in [-0.25, -0.2) is 0 Å². The van der Waals surface area contributed by atoms with Crippen LogP contribution in [0.5, 0.6) is 0 Å². The molecule has 0 saturated heterocycles. The van der Waals surface area contributed by atoms with Crippen LogP contribution in [0.3, 0.4) is 0 Å². The number of aliphatic hydroxyl groups is 3. The Kier molecular flexibility index (Phi) is 55.4. The molecule has 0 bridgehead atoms. The van der Waals surface area contributed by atoms with E-state index in [0.29, 0.717) is 12.8 Å². The summed E-state index contributed by atoms with van der Waals surface area (Å²) < 4.78 is 0.